The second-order valence-corrected chi connectivity index (χ2v) is 5.55. The molecule has 0 bridgehead atoms. The molecule has 1 fully saturated rings. The van der Waals surface area contributed by atoms with Crippen LogP contribution in [-0.2, 0) is 18.3 Å². The maximum atomic E-state index is 11.4. The molecule has 0 saturated carbocycles. The highest BCUT2D eigenvalue weighted by Gasteiger charge is 2.39. The minimum absolute atomic E-state index is 0.481. The Morgan fingerprint density at radius 2 is 2.16 bits per heavy atom. The average Bonchev–Trinajstić information content (AvgIpc) is 2.82. The molecule has 2 rings (SSSR count). The van der Waals surface area contributed by atoms with E-state index in [0.29, 0.717) is 0 Å². The topological polar surface area (TPSA) is 58.4 Å². The standard InChI is InChI=1S/C14H23N3O2/c1-3-14(13(18)19)5-8-17(9-6-14)7-4-12-10-15-16(2)11-12/h10-11H,3-9H2,1-2H3,(H,18,19). The predicted molar refractivity (Wildman–Crippen MR) is 72.9 cm³/mol. The van der Waals surface area contributed by atoms with Gasteiger partial charge in [0.15, 0.2) is 0 Å². The van der Waals surface area contributed by atoms with Crippen LogP contribution in [0.3, 0.4) is 0 Å². The van der Waals surface area contributed by atoms with Gasteiger partial charge in [-0.1, -0.05) is 6.92 Å². The molecular formula is C14H23N3O2. The molecule has 0 aliphatic carbocycles. The van der Waals surface area contributed by atoms with Crippen LogP contribution >= 0.6 is 0 Å². The van der Waals surface area contributed by atoms with E-state index in [0.717, 1.165) is 45.3 Å². The highest BCUT2D eigenvalue weighted by atomic mass is 16.4. The number of likely N-dealkylation sites (tertiary alicyclic amines) is 1. The Labute approximate surface area is 114 Å². The maximum absolute atomic E-state index is 11.4. The van der Waals surface area contributed by atoms with E-state index in [1.807, 2.05) is 31.0 Å². The maximum Gasteiger partial charge on any atom is 0.309 e. The van der Waals surface area contributed by atoms with Crippen molar-refractivity contribution >= 4 is 5.97 Å². The van der Waals surface area contributed by atoms with Crippen molar-refractivity contribution in [2.75, 3.05) is 19.6 Å². The molecule has 1 aliphatic heterocycles. The molecule has 106 valence electrons. The minimum atomic E-state index is -0.623. The van der Waals surface area contributed by atoms with Crippen molar-refractivity contribution in [3.63, 3.8) is 0 Å². The van der Waals surface area contributed by atoms with E-state index in [1.54, 1.807) is 0 Å². The molecule has 0 aromatic carbocycles. The molecule has 1 N–H and O–H groups in total. The summed E-state index contributed by atoms with van der Waals surface area (Å²) < 4.78 is 1.82. The molecule has 0 atom stereocenters. The van der Waals surface area contributed by atoms with Gasteiger partial charge in [-0.15, -0.1) is 0 Å². The Bertz CT molecular complexity index is 434. The van der Waals surface area contributed by atoms with Crippen LogP contribution in [0.2, 0.25) is 0 Å². The van der Waals surface area contributed by atoms with Gasteiger partial charge < -0.3 is 10.0 Å². The number of rotatable bonds is 5. The normalized spacial score (nSPS) is 19.5. The Morgan fingerprint density at radius 1 is 1.47 bits per heavy atom. The largest absolute Gasteiger partial charge is 0.481 e. The van der Waals surface area contributed by atoms with Gasteiger partial charge >= 0.3 is 5.97 Å². The number of carboxylic acid groups (broad SMARTS) is 1. The van der Waals surface area contributed by atoms with E-state index in [-0.39, 0.29) is 0 Å². The zero-order chi connectivity index (χ0) is 13.9. The molecule has 5 nitrogen and oxygen atoms in total. The van der Waals surface area contributed by atoms with E-state index in [1.165, 1.54) is 5.56 Å². The van der Waals surface area contributed by atoms with Crippen LogP contribution in [0.4, 0.5) is 0 Å². The number of nitrogens with zero attached hydrogens (tertiary/aromatic N) is 3. The summed E-state index contributed by atoms with van der Waals surface area (Å²) >= 11 is 0. The van der Waals surface area contributed by atoms with Gasteiger partial charge in [0.2, 0.25) is 0 Å². The average molecular weight is 265 g/mol. The molecule has 0 unspecified atom stereocenters. The van der Waals surface area contributed by atoms with E-state index < -0.39 is 11.4 Å². The summed E-state index contributed by atoms with van der Waals surface area (Å²) in [6, 6.07) is 0. The number of carboxylic acids is 1. The Kier molecular flexibility index (Phi) is 4.24. The quantitative estimate of drug-likeness (QED) is 0.877. The van der Waals surface area contributed by atoms with Gasteiger partial charge in [-0.2, -0.15) is 5.10 Å². The summed E-state index contributed by atoms with van der Waals surface area (Å²) in [4.78, 5) is 13.7. The highest BCUT2D eigenvalue weighted by molar-refractivity contribution is 5.74. The van der Waals surface area contributed by atoms with E-state index in [2.05, 4.69) is 10.00 Å². The highest BCUT2D eigenvalue weighted by Crippen LogP contribution is 2.35. The van der Waals surface area contributed by atoms with Gasteiger partial charge in [0.25, 0.3) is 0 Å². The summed E-state index contributed by atoms with van der Waals surface area (Å²) in [5, 5.41) is 13.5. The van der Waals surface area contributed by atoms with E-state index in [4.69, 9.17) is 0 Å². The van der Waals surface area contributed by atoms with Crippen LogP contribution in [0.5, 0.6) is 0 Å². The smallest absolute Gasteiger partial charge is 0.309 e. The molecule has 5 heteroatoms. The molecule has 1 aromatic heterocycles. The fraction of sp³-hybridized carbons (Fsp3) is 0.714. The van der Waals surface area contributed by atoms with E-state index in [9.17, 15) is 9.90 Å². The number of piperidine rings is 1. The lowest BCUT2D eigenvalue weighted by atomic mass is 9.76. The Hall–Kier alpha value is -1.36. The fourth-order valence-corrected chi connectivity index (χ4v) is 2.81. The zero-order valence-corrected chi connectivity index (χ0v) is 11.8. The summed E-state index contributed by atoms with van der Waals surface area (Å²) in [5.74, 6) is -0.623. The fourth-order valence-electron chi connectivity index (χ4n) is 2.81. The van der Waals surface area contributed by atoms with Crippen molar-refractivity contribution in [1.29, 1.82) is 0 Å². The predicted octanol–water partition coefficient (Wildman–Crippen LogP) is 1.54. The summed E-state index contributed by atoms with van der Waals surface area (Å²) in [6.45, 7) is 4.76. The van der Waals surface area contributed by atoms with Gasteiger partial charge in [-0.25, -0.2) is 0 Å². The molecular weight excluding hydrogens is 242 g/mol. The number of aryl methyl sites for hydroxylation is 1. The molecule has 1 saturated heterocycles. The monoisotopic (exact) mass is 265 g/mol. The van der Waals surface area contributed by atoms with Crippen LogP contribution in [0.25, 0.3) is 0 Å². The molecule has 2 heterocycles. The second-order valence-electron chi connectivity index (χ2n) is 5.55. The van der Waals surface area contributed by atoms with Crippen molar-refractivity contribution < 1.29 is 9.90 Å². The molecule has 0 radical (unpaired) electrons. The molecule has 0 spiro atoms. The minimum Gasteiger partial charge on any atom is -0.481 e. The second kappa shape index (κ2) is 5.74. The van der Waals surface area contributed by atoms with Crippen LogP contribution < -0.4 is 0 Å². The third-order valence-corrected chi connectivity index (χ3v) is 4.42. The van der Waals surface area contributed by atoms with Crippen LogP contribution in [-0.4, -0.2) is 45.4 Å². The van der Waals surface area contributed by atoms with E-state index >= 15 is 0 Å². The van der Waals surface area contributed by atoms with Crippen LogP contribution in [0.1, 0.15) is 31.7 Å². The lowest BCUT2D eigenvalue weighted by Gasteiger charge is -2.38. The molecule has 19 heavy (non-hydrogen) atoms. The van der Waals surface area contributed by atoms with Crippen molar-refractivity contribution in [2.24, 2.45) is 12.5 Å². The van der Waals surface area contributed by atoms with Gasteiger partial charge in [0.1, 0.15) is 0 Å². The number of aliphatic carboxylic acids is 1. The van der Waals surface area contributed by atoms with Crippen molar-refractivity contribution in [1.82, 2.24) is 14.7 Å². The summed E-state index contributed by atoms with van der Waals surface area (Å²) in [6.07, 6.45) is 7.20. The first-order chi connectivity index (χ1) is 9.05. The van der Waals surface area contributed by atoms with Crippen LogP contribution in [0, 0.1) is 5.41 Å². The summed E-state index contributed by atoms with van der Waals surface area (Å²) in [7, 11) is 1.92. The third-order valence-electron chi connectivity index (χ3n) is 4.42. The van der Waals surface area contributed by atoms with Gasteiger partial charge in [0, 0.05) is 19.8 Å². The molecule has 1 aromatic rings. The van der Waals surface area contributed by atoms with Crippen molar-refractivity contribution in [2.45, 2.75) is 32.6 Å². The number of hydrogen-bond acceptors (Lipinski definition) is 3. The first kappa shape index (κ1) is 14.1. The summed E-state index contributed by atoms with van der Waals surface area (Å²) in [5.41, 5.74) is 0.762. The number of carbonyl (C=O) groups is 1. The van der Waals surface area contributed by atoms with Crippen molar-refractivity contribution in [3.8, 4) is 0 Å². The first-order valence-electron chi connectivity index (χ1n) is 6.99. The first-order valence-corrected chi connectivity index (χ1v) is 6.99. The van der Waals surface area contributed by atoms with Crippen LogP contribution in [0.15, 0.2) is 12.4 Å². The van der Waals surface area contributed by atoms with Gasteiger partial charge in [-0.3, -0.25) is 9.48 Å². The van der Waals surface area contributed by atoms with Gasteiger partial charge in [-0.05, 0) is 44.3 Å². The lowest BCUT2D eigenvalue weighted by Crippen LogP contribution is -2.44. The zero-order valence-electron chi connectivity index (χ0n) is 11.8. The van der Waals surface area contributed by atoms with Gasteiger partial charge in [0.05, 0.1) is 11.6 Å². The molecule has 0 amide bonds. The Morgan fingerprint density at radius 3 is 2.63 bits per heavy atom. The SMILES string of the molecule is CCC1(C(=O)O)CCN(CCc2cnn(C)c2)CC1. The number of hydrogen-bond donors (Lipinski definition) is 1. The Balaban J connectivity index is 1.82. The lowest BCUT2D eigenvalue weighted by molar-refractivity contribution is -0.152. The van der Waals surface area contributed by atoms with Crippen molar-refractivity contribution in [3.05, 3.63) is 18.0 Å². The molecule has 1 aliphatic rings. The third kappa shape index (κ3) is 3.15. The number of aromatic nitrogens is 2.